The third kappa shape index (κ3) is 2.39. The van der Waals surface area contributed by atoms with Crippen LogP contribution in [0.1, 0.15) is 47.5 Å². The normalized spacial score (nSPS) is 37.1. The van der Waals surface area contributed by atoms with E-state index in [-0.39, 0.29) is 12.2 Å². The SMILES string of the molecule is CC(C)OB1OC(C)(C)C(C)(C2CCCO2)O1. The highest BCUT2D eigenvalue weighted by Crippen LogP contribution is 2.43. The average Bonchev–Trinajstić information content (AvgIpc) is 2.73. The van der Waals surface area contributed by atoms with Crippen LogP contribution < -0.4 is 0 Å². The van der Waals surface area contributed by atoms with Gasteiger partial charge >= 0.3 is 7.32 Å². The summed E-state index contributed by atoms with van der Waals surface area (Å²) in [6, 6.07) is 0. The van der Waals surface area contributed by atoms with Crippen LogP contribution in [0.4, 0.5) is 0 Å². The summed E-state index contributed by atoms with van der Waals surface area (Å²) in [5.74, 6) is 0. The van der Waals surface area contributed by atoms with Gasteiger partial charge in [0.15, 0.2) is 0 Å². The van der Waals surface area contributed by atoms with E-state index in [0.29, 0.717) is 0 Å². The van der Waals surface area contributed by atoms with Crippen LogP contribution in [0.15, 0.2) is 0 Å². The van der Waals surface area contributed by atoms with Crippen molar-refractivity contribution < 1.29 is 18.7 Å². The molecule has 0 aromatic carbocycles. The van der Waals surface area contributed by atoms with E-state index in [2.05, 4.69) is 6.92 Å². The number of hydrogen-bond acceptors (Lipinski definition) is 4. The molecule has 0 aromatic heterocycles. The Kier molecular flexibility index (Phi) is 3.56. The van der Waals surface area contributed by atoms with Crippen LogP contribution in [-0.4, -0.2) is 37.3 Å². The molecule has 2 fully saturated rings. The van der Waals surface area contributed by atoms with Gasteiger partial charge in [-0.25, -0.2) is 0 Å². The predicted octanol–water partition coefficient (Wildman–Crippen LogP) is 2.16. The third-order valence-electron chi connectivity index (χ3n) is 3.85. The van der Waals surface area contributed by atoms with E-state index < -0.39 is 18.5 Å². The Balaban J connectivity index is 2.10. The van der Waals surface area contributed by atoms with Crippen LogP contribution in [0, 0.1) is 0 Å². The number of ether oxygens (including phenoxy) is 1. The zero-order valence-electron chi connectivity index (χ0n) is 11.5. The van der Waals surface area contributed by atoms with Crippen molar-refractivity contribution >= 4 is 7.32 Å². The second kappa shape index (κ2) is 4.54. The molecule has 98 valence electrons. The Hall–Kier alpha value is -0.0951. The van der Waals surface area contributed by atoms with Crippen molar-refractivity contribution in [2.45, 2.75) is 70.9 Å². The molecule has 0 spiro atoms. The molecule has 17 heavy (non-hydrogen) atoms. The topological polar surface area (TPSA) is 36.9 Å². The first kappa shape index (κ1) is 13.3. The molecule has 0 N–H and O–H groups in total. The minimum Gasteiger partial charge on any atom is -0.384 e. The van der Waals surface area contributed by atoms with Gasteiger partial charge in [-0.15, -0.1) is 0 Å². The Labute approximate surface area is 104 Å². The molecular weight excluding hydrogens is 219 g/mol. The molecule has 0 amide bonds. The van der Waals surface area contributed by atoms with Crippen LogP contribution in [0.2, 0.25) is 0 Å². The maximum atomic E-state index is 5.99. The molecular formula is C12H23BO4. The lowest BCUT2D eigenvalue weighted by Crippen LogP contribution is -2.53. The smallest absolute Gasteiger partial charge is 0.384 e. The third-order valence-corrected chi connectivity index (χ3v) is 3.85. The fourth-order valence-corrected chi connectivity index (χ4v) is 2.48. The predicted molar refractivity (Wildman–Crippen MR) is 65.6 cm³/mol. The fourth-order valence-electron chi connectivity index (χ4n) is 2.48. The van der Waals surface area contributed by atoms with E-state index in [1.807, 2.05) is 27.7 Å². The Morgan fingerprint density at radius 2 is 1.94 bits per heavy atom. The van der Waals surface area contributed by atoms with Gasteiger partial charge in [-0.1, -0.05) is 0 Å². The van der Waals surface area contributed by atoms with Crippen molar-refractivity contribution in [1.29, 1.82) is 0 Å². The highest BCUT2D eigenvalue weighted by atomic mass is 16.8. The molecule has 2 aliphatic rings. The molecule has 0 aliphatic carbocycles. The monoisotopic (exact) mass is 242 g/mol. The molecule has 2 aliphatic heterocycles. The van der Waals surface area contributed by atoms with Gasteiger partial charge in [-0.3, -0.25) is 0 Å². The first-order valence-electron chi connectivity index (χ1n) is 6.48. The van der Waals surface area contributed by atoms with Gasteiger partial charge in [-0.2, -0.15) is 0 Å². The van der Waals surface area contributed by atoms with E-state index in [1.54, 1.807) is 0 Å². The molecule has 2 saturated heterocycles. The highest BCUT2D eigenvalue weighted by Gasteiger charge is 2.60. The summed E-state index contributed by atoms with van der Waals surface area (Å²) in [6.07, 6.45) is 2.30. The van der Waals surface area contributed by atoms with Crippen molar-refractivity contribution in [2.24, 2.45) is 0 Å². The van der Waals surface area contributed by atoms with Crippen LogP contribution in [0.25, 0.3) is 0 Å². The molecule has 4 nitrogen and oxygen atoms in total. The standard InChI is InChI=1S/C12H23BO4/c1-9(2)15-13-16-11(3,4)12(5,17-13)10-7-6-8-14-10/h9-10H,6-8H2,1-5H3. The lowest BCUT2D eigenvalue weighted by Gasteiger charge is -2.40. The van der Waals surface area contributed by atoms with Gasteiger partial charge in [0.25, 0.3) is 0 Å². The van der Waals surface area contributed by atoms with E-state index >= 15 is 0 Å². The molecule has 2 atom stereocenters. The summed E-state index contributed by atoms with van der Waals surface area (Å²) in [6.45, 7) is 10.9. The van der Waals surface area contributed by atoms with Gasteiger partial charge in [0, 0.05) is 12.7 Å². The molecule has 2 unspecified atom stereocenters. The van der Waals surface area contributed by atoms with Crippen molar-refractivity contribution in [2.75, 3.05) is 6.61 Å². The molecule has 2 rings (SSSR count). The Morgan fingerprint density at radius 1 is 1.24 bits per heavy atom. The quantitative estimate of drug-likeness (QED) is 0.710. The van der Waals surface area contributed by atoms with E-state index in [0.717, 1.165) is 19.4 Å². The second-order valence-electron chi connectivity index (χ2n) is 5.83. The minimum atomic E-state index is -0.584. The Bertz CT molecular complexity index is 276. The van der Waals surface area contributed by atoms with E-state index in [1.165, 1.54) is 0 Å². The van der Waals surface area contributed by atoms with Gasteiger partial charge in [0.05, 0.1) is 11.7 Å². The summed E-state index contributed by atoms with van der Waals surface area (Å²) < 4.78 is 23.2. The summed E-state index contributed by atoms with van der Waals surface area (Å²) >= 11 is 0. The first-order valence-corrected chi connectivity index (χ1v) is 6.48. The maximum absolute atomic E-state index is 5.99. The van der Waals surface area contributed by atoms with Crippen LogP contribution in [0.3, 0.4) is 0 Å². The maximum Gasteiger partial charge on any atom is 0.640 e. The van der Waals surface area contributed by atoms with Crippen molar-refractivity contribution in [3.8, 4) is 0 Å². The van der Waals surface area contributed by atoms with Gasteiger partial charge in [0.1, 0.15) is 5.60 Å². The van der Waals surface area contributed by atoms with Crippen LogP contribution in [0.5, 0.6) is 0 Å². The molecule has 0 saturated carbocycles. The summed E-state index contributed by atoms with van der Waals surface area (Å²) in [7, 11) is -0.584. The molecule has 0 bridgehead atoms. The molecule has 2 heterocycles. The zero-order chi connectivity index (χ0) is 12.7. The fraction of sp³-hybridized carbons (Fsp3) is 1.00. The van der Waals surface area contributed by atoms with Gasteiger partial charge in [-0.05, 0) is 47.5 Å². The van der Waals surface area contributed by atoms with E-state index in [9.17, 15) is 0 Å². The minimum absolute atomic E-state index is 0.0858. The van der Waals surface area contributed by atoms with Gasteiger partial charge < -0.3 is 18.7 Å². The number of hydrogen-bond donors (Lipinski definition) is 0. The lowest BCUT2D eigenvalue weighted by molar-refractivity contribution is -0.105. The highest BCUT2D eigenvalue weighted by molar-refractivity contribution is 6.37. The molecule has 0 aromatic rings. The average molecular weight is 242 g/mol. The van der Waals surface area contributed by atoms with Crippen molar-refractivity contribution in [3.05, 3.63) is 0 Å². The molecule has 5 heteroatoms. The van der Waals surface area contributed by atoms with Crippen LogP contribution in [-0.2, 0) is 18.7 Å². The van der Waals surface area contributed by atoms with Crippen LogP contribution >= 0.6 is 0 Å². The Morgan fingerprint density at radius 3 is 2.47 bits per heavy atom. The number of rotatable bonds is 3. The molecule has 0 radical (unpaired) electrons. The summed E-state index contributed by atoms with van der Waals surface area (Å²) in [5.41, 5.74) is -0.843. The summed E-state index contributed by atoms with van der Waals surface area (Å²) in [5, 5.41) is 0. The summed E-state index contributed by atoms with van der Waals surface area (Å²) in [4.78, 5) is 0. The van der Waals surface area contributed by atoms with E-state index in [4.69, 9.17) is 18.7 Å². The van der Waals surface area contributed by atoms with Crippen molar-refractivity contribution in [3.63, 3.8) is 0 Å². The lowest BCUT2D eigenvalue weighted by atomic mass is 9.82. The zero-order valence-corrected chi connectivity index (χ0v) is 11.5. The first-order chi connectivity index (χ1) is 7.85. The largest absolute Gasteiger partial charge is 0.640 e. The second-order valence-corrected chi connectivity index (χ2v) is 5.83. The van der Waals surface area contributed by atoms with Crippen molar-refractivity contribution in [1.82, 2.24) is 0 Å². The van der Waals surface area contributed by atoms with Gasteiger partial charge in [0.2, 0.25) is 0 Å².